The van der Waals surface area contributed by atoms with Crippen LogP contribution in [0.15, 0.2) is 52.6 Å². The Labute approximate surface area is 187 Å². The third-order valence-electron chi connectivity index (χ3n) is 5.67. The van der Waals surface area contributed by atoms with E-state index < -0.39 is 0 Å². The van der Waals surface area contributed by atoms with Crippen molar-refractivity contribution >= 4 is 33.3 Å². The second-order valence-electron chi connectivity index (χ2n) is 7.88. The fraction of sp³-hybridized carbons (Fsp3) is 0.250. The molecule has 1 aliphatic heterocycles. The van der Waals surface area contributed by atoms with Crippen molar-refractivity contribution < 1.29 is 9.18 Å². The lowest BCUT2D eigenvalue weighted by molar-refractivity contribution is 0.102. The number of rotatable bonds is 3. The van der Waals surface area contributed by atoms with Gasteiger partial charge in [-0.05, 0) is 43.2 Å². The van der Waals surface area contributed by atoms with Gasteiger partial charge in [-0.15, -0.1) is 11.3 Å². The van der Waals surface area contributed by atoms with Gasteiger partial charge in [0.05, 0.1) is 16.6 Å². The molecule has 32 heavy (non-hydrogen) atoms. The Morgan fingerprint density at radius 1 is 1.06 bits per heavy atom. The molecule has 0 saturated carbocycles. The van der Waals surface area contributed by atoms with Gasteiger partial charge in [-0.1, -0.05) is 25.0 Å². The average Bonchev–Trinajstić information content (AvgIpc) is 3.23. The van der Waals surface area contributed by atoms with Crippen LogP contribution in [-0.2, 0) is 13.0 Å². The van der Waals surface area contributed by atoms with E-state index in [1.807, 2.05) is 0 Å². The first kappa shape index (κ1) is 20.5. The summed E-state index contributed by atoms with van der Waals surface area (Å²) in [6, 6.07) is 11.1. The molecule has 8 heteroatoms. The molecule has 0 spiro atoms. The first-order valence-corrected chi connectivity index (χ1v) is 11.5. The van der Waals surface area contributed by atoms with Gasteiger partial charge in [0.2, 0.25) is 0 Å². The molecule has 0 aliphatic carbocycles. The van der Waals surface area contributed by atoms with Crippen molar-refractivity contribution in [2.75, 3.05) is 5.32 Å². The van der Waals surface area contributed by atoms with Gasteiger partial charge in [-0.25, -0.2) is 14.4 Å². The van der Waals surface area contributed by atoms with E-state index in [1.165, 1.54) is 23.5 Å². The molecule has 0 unspecified atom stereocenters. The number of nitrogens with zero attached hydrogens (tertiary/aromatic N) is 3. The number of nitrogens with one attached hydrogen (secondary N) is 1. The number of thiazole rings is 1. The standard InChI is InChI=1S/C24H21FN4O2S/c25-17-7-5-6-15(12-17)20-14-32-24(27-20)28-22(30)16-9-10-18-19(13-16)26-21-8-3-1-2-4-11-29(21)23(18)31/h5-7,9-10,12-14H,1-4,8,11H2,(H,27,28,30). The number of carbonyl (C=O) groups is 1. The van der Waals surface area contributed by atoms with Crippen LogP contribution in [0.2, 0.25) is 0 Å². The van der Waals surface area contributed by atoms with Crippen LogP contribution in [0, 0.1) is 5.82 Å². The van der Waals surface area contributed by atoms with Gasteiger partial charge in [0, 0.05) is 29.5 Å². The molecule has 5 rings (SSSR count). The lowest BCUT2D eigenvalue weighted by Crippen LogP contribution is -2.26. The SMILES string of the molecule is O=C(Nc1nc(-c2cccc(F)c2)cs1)c1ccc2c(=O)n3c(nc2c1)CCCCCC3. The summed E-state index contributed by atoms with van der Waals surface area (Å²) in [5.74, 6) is 0.120. The quantitative estimate of drug-likeness (QED) is 0.477. The van der Waals surface area contributed by atoms with Crippen LogP contribution in [0.3, 0.4) is 0 Å². The van der Waals surface area contributed by atoms with E-state index >= 15 is 0 Å². The molecule has 1 aliphatic rings. The monoisotopic (exact) mass is 448 g/mol. The Bertz CT molecular complexity index is 1380. The van der Waals surface area contributed by atoms with Crippen LogP contribution in [0.5, 0.6) is 0 Å². The van der Waals surface area contributed by atoms with E-state index in [-0.39, 0.29) is 17.3 Å². The van der Waals surface area contributed by atoms with Crippen molar-refractivity contribution in [2.45, 2.75) is 38.6 Å². The fourth-order valence-corrected chi connectivity index (χ4v) is 4.73. The number of hydrogen-bond donors (Lipinski definition) is 1. The minimum Gasteiger partial charge on any atom is -0.298 e. The van der Waals surface area contributed by atoms with Crippen molar-refractivity contribution in [1.82, 2.24) is 14.5 Å². The van der Waals surface area contributed by atoms with Gasteiger partial charge in [-0.2, -0.15) is 0 Å². The first-order chi connectivity index (χ1) is 15.6. The summed E-state index contributed by atoms with van der Waals surface area (Å²) in [7, 11) is 0. The predicted octanol–water partition coefficient (Wildman–Crippen LogP) is 5.03. The minimum atomic E-state index is -0.339. The summed E-state index contributed by atoms with van der Waals surface area (Å²) in [6.45, 7) is 0.692. The minimum absolute atomic E-state index is 0.0430. The van der Waals surface area contributed by atoms with Crippen LogP contribution < -0.4 is 10.9 Å². The molecule has 2 aromatic carbocycles. The molecule has 0 atom stereocenters. The van der Waals surface area contributed by atoms with Crippen molar-refractivity contribution in [3.8, 4) is 11.3 Å². The van der Waals surface area contributed by atoms with Gasteiger partial charge >= 0.3 is 0 Å². The van der Waals surface area contributed by atoms with Crippen molar-refractivity contribution in [3.05, 3.63) is 75.4 Å². The molecule has 162 valence electrons. The van der Waals surface area contributed by atoms with Gasteiger partial charge < -0.3 is 0 Å². The Balaban J connectivity index is 1.41. The Kier molecular flexibility index (Phi) is 5.53. The zero-order chi connectivity index (χ0) is 22.1. The predicted molar refractivity (Wildman–Crippen MR) is 124 cm³/mol. The maximum atomic E-state index is 13.5. The first-order valence-electron chi connectivity index (χ1n) is 10.6. The van der Waals surface area contributed by atoms with Crippen LogP contribution in [-0.4, -0.2) is 20.4 Å². The molecule has 1 amide bonds. The molecule has 0 bridgehead atoms. The normalized spacial score (nSPS) is 13.9. The van der Waals surface area contributed by atoms with Crippen molar-refractivity contribution in [3.63, 3.8) is 0 Å². The van der Waals surface area contributed by atoms with E-state index in [1.54, 1.807) is 40.3 Å². The Morgan fingerprint density at radius 2 is 1.94 bits per heavy atom. The number of fused-ring (bicyclic) bond motifs is 2. The number of hydrogen-bond acceptors (Lipinski definition) is 5. The van der Waals surface area contributed by atoms with E-state index in [0.29, 0.717) is 39.4 Å². The number of aryl methyl sites for hydroxylation is 1. The Hall–Kier alpha value is -3.39. The van der Waals surface area contributed by atoms with E-state index in [2.05, 4.69) is 10.3 Å². The average molecular weight is 449 g/mol. The molecule has 3 heterocycles. The summed E-state index contributed by atoms with van der Waals surface area (Å²) in [4.78, 5) is 34.9. The van der Waals surface area contributed by atoms with Crippen molar-refractivity contribution in [1.29, 1.82) is 0 Å². The maximum Gasteiger partial charge on any atom is 0.261 e. The highest BCUT2D eigenvalue weighted by Crippen LogP contribution is 2.26. The smallest absolute Gasteiger partial charge is 0.261 e. The zero-order valence-electron chi connectivity index (χ0n) is 17.3. The molecule has 0 radical (unpaired) electrons. The summed E-state index contributed by atoms with van der Waals surface area (Å²) in [5.41, 5.74) is 2.14. The molecule has 2 aromatic heterocycles. The molecular weight excluding hydrogens is 427 g/mol. The maximum absolute atomic E-state index is 13.5. The summed E-state index contributed by atoms with van der Waals surface area (Å²) >= 11 is 1.27. The second-order valence-corrected chi connectivity index (χ2v) is 8.74. The summed E-state index contributed by atoms with van der Waals surface area (Å²) < 4.78 is 15.3. The van der Waals surface area contributed by atoms with Gasteiger partial charge in [0.1, 0.15) is 11.6 Å². The third-order valence-corrected chi connectivity index (χ3v) is 6.43. The Morgan fingerprint density at radius 3 is 2.81 bits per heavy atom. The van der Waals surface area contributed by atoms with Crippen LogP contribution >= 0.6 is 11.3 Å². The zero-order valence-corrected chi connectivity index (χ0v) is 18.1. The fourth-order valence-electron chi connectivity index (χ4n) is 4.02. The van der Waals surface area contributed by atoms with Crippen LogP contribution in [0.25, 0.3) is 22.2 Å². The topological polar surface area (TPSA) is 76.9 Å². The van der Waals surface area contributed by atoms with Gasteiger partial charge in [0.15, 0.2) is 5.13 Å². The highest BCUT2D eigenvalue weighted by molar-refractivity contribution is 7.14. The highest BCUT2D eigenvalue weighted by atomic mass is 32.1. The molecule has 0 fully saturated rings. The molecule has 0 saturated heterocycles. The number of aromatic nitrogens is 3. The van der Waals surface area contributed by atoms with Gasteiger partial charge in [0.25, 0.3) is 11.5 Å². The van der Waals surface area contributed by atoms with E-state index in [9.17, 15) is 14.0 Å². The molecule has 4 aromatic rings. The van der Waals surface area contributed by atoms with Crippen LogP contribution in [0.1, 0.15) is 41.9 Å². The summed E-state index contributed by atoms with van der Waals surface area (Å²) in [5, 5.41) is 5.49. The highest BCUT2D eigenvalue weighted by Gasteiger charge is 2.16. The molecule has 6 nitrogen and oxygen atoms in total. The number of benzene rings is 2. The van der Waals surface area contributed by atoms with Gasteiger partial charge in [-0.3, -0.25) is 19.5 Å². The second kappa shape index (κ2) is 8.63. The van der Waals surface area contributed by atoms with E-state index in [4.69, 9.17) is 4.98 Å². The summed E-state index contributed by atoms with van der Waals surface area (Å²) in [6.07, 6.45) is 5.02. The van der Waals surface area contributed by atoms with Crippen LogP contribution in [0.4, 0.5) is 9.52 Å². The third kappa shape index (κ3) is 4.05. The largest absolute Gasteiger partial charge is 0.298 e. The number of carbonyl (C=O) groups excluding carboxylic acids is 1. The molecule has 1 N–H and O–H groups in total. The lowest BCUT2D eigenvalue weighted by atomic mass is 10.1. The lowest BCUT2D eigenvalue weighted by Gasteiger charge is -2.16. The van der Waals surface area contributed by atoms with E-state index in [0.717, 1.165) is 37.9 Å². The number of amides is 1. The molecular formula is C24H21FN4O2S. The number of halogens is 1. The number of anilines is 1. The van der Waals surface area contributed by atoms with Crippen molar-refractivity contribution in [2.24, 2.45) is 0 Å².